The highest BCUT2D eigenvalue weighted by molar-refractivity contribution is 7.50. The molecule has 19 heavy (non-hydrogen) atoms. The fourth-order valence-corrected chi connectivity index (χ4v) is 2.38. The van der Waals surface area contributed by atoms with Gasteiger partial charge in [-0.15, -0.1) is 0 Å². The minimum absolute atomic E-state index is 0.268. The first-order chi connectivity index (χ1) is 9.03. The van der Waals surface area contributed by atoms with E-state index in [0.717, 1.165) is 5.56 Å². The van der Waals surface area contributed by atoms with Gasteiger partial charge in [0.15, 0.2) is 0 Å². The maximum absolute atomic E-state index is 10.9. The summed E-state index contributed by atoms with van der Waals surface area (Å²) >= 11 is 0. The maximum atomic E-state index is 10.9. The number of ether oxygens (including phenoxy) is 1. The molecule has 0 atom stereocenters. The third-order valence-corrected chi connectivity index (χ3v) is 3.31. The average Bonchev–Trinajstić information content (AvgIpc) is 2.36. The Morgan fingerprint density at radius 2 is 1.63 bits per heavy atom. The highest BCUT2D eigenvalue weighted by atomic mass is 31.2. The normalized spacial score (nSPS) is 11.3. The van der Waals surface area contributed by atoms with Gasteiger partial charge in [0.2, 0.25) is 0 Å². The quantitative estimate of drug-likeness (QED) is 0.825. The van der Waals surface area contributed by atoms with Gasteiger partial charge in [-0.2, -0.15) is 0 Å². The van der Waals surface area contributed by atoms with Crippen LogP contribution >= 0.6 is 7.60 Å². The predicted octanol–water partition coefficient (Wildman–Crippen LogP) is 2.94. The molecule has 0 fully saturated rings. The third kappa shape index (κ3) is 4.87. The zero-order valence-electron chi connectivity index (χ0n) is 10.3. The monoisotopic (exact) mass is 278 g/mol. The summed E-state index contributed by atoms with van der Waals surface area (Å²) in [7, 11) is -4.04. The van der Waals surface area contributed by atoms with E-state index < -0.39 is 7.60 Å². The molecule has 5 heteroatoms. The van der Waals surface area contributed by atoms with Crippen LogP contribution in [0.4, 0.5) is 0 Å². The van der Waals surface area contributed by atoms with E-state index in [9.17, 15) is 4.57 Å². The summed E-state index contributed by atoms with van der Waals surface area (Å²) in [4.78, 5) is 17.9. The molecular weight excluding hydrogens is 263 g/mol. The number of hydrogen-bond acceptors (Lipinski definition) is 2. The molecule has 0 saturated heterocycles. The van der Waals surface area contributed by atoms with Crippen LogP contribution < -0.4 is 4.74 Å². The largest absolute Gasteiger partial charge is 0.489 e. The molecule has 100 valence electrons. The Morgan fingerprint density at radius 3 is 2.32 bits per heavy atom. The van der Waals surface area contributed by atoms with Crippen molar-refractivity contribution in [2.45, 2.75) is 12.8 Å². The summed E-state index contributed by atoms with van der Waals surface area (Å²) in [5.74, 6) is 0.606. The smallest absolute Gasteiger partial charge is 0.329 e. The van der Waals surface area contributed by atoms with Gasteiger partial charge in [-0.05, 0) is 23.3 Å². The molecule has 0 bridgehead atoms. The van der Waals surface area contributed by atoms with Crippen molar-refractivity contribution in [2.75, 3.05) is 0 Å². The van der Waals surface area contributed by atoms with Crippen molar-refractivity contribution in [2.24, 2.45) is 0 Å². The lowest BCUT2D eigenvalue weighted by Crippen LogP contribution is -1.96. The van der Waals surface area contributed by atoms with Crippen LogP contribution in [0.3, 0.4) is 0 Å². The minimum atomic E-state index is -4.04. The van der Waals surface area contributed by atoms with Crippen molar-refractivity contribution < 1.29 is 19.1 Å². The zero-order chi connectivity index (χ0) is 13.7. The second-order valence-corrected chi connectivity index (χ2v) is 5.89. The number of benzene rings is 2. The van der Waals surface area contributed by atoms with Gasteiger partial charge in [-0.3, -0.25) is 4.57 Å². The van der Waals surface area contributed by atoms with E-state index in [1.807, 2.05) is 30.3 Å². The van der Waals surface area contributed by atoms with Gasteiger partial charge in [-0.25, -0.2) is 0 Å². The average molecular weight is 278 g/mol. The summed E-state index contributed by atoms with van der Waals surface area (Å²) < 4.78 is 16.5. The molecule has 0 aromatic heterocycles. The molecule has 0 amide bonds. The summed E-state index contributed by atoms with van der Waals surface area (Å²) in [5, 5.41) is 0. The van der Waals surface area contributed by atoms with E-state index in [2.05, 4.69) is 0 Å². The molecule has 0 heterocycles. The summed E-state index contributed by atoms with van der Waals surface area (Å²) in [5.41, 5.74) is 1.61. The van der Waals surface area contributed by atoms with Crippen molar-refractivity contribution in [1.82, 2.24) is 0 Å². The van der Waals surface area contributed by atoms with Gasteiger partial charge < -0.3 is 14.5 Å². The Labute approximate surface area is 111 Å². The van der Waals surface area contributed by atoms with E-state index in [-0.39, 0.29) is 6.16 Å². The van der Waals surface area contributed by atoms with Crippen LogP contribution in [0, 0.1) is 0 Å². The Morgan fingerprint density at radius 1 is 0.947 bits per heavy atom. The minimum Gasteiger partial charge on any atom is -0.489 e. The first-order valence-corrected chi connectivity index (χ1v) is 7.63. The lowest BCUT2D eigenvalue weighted by atomic mass is 10.2. The zero-order valence-corrected chi connectivity index (χ0v) is 11.2. The second kappa shape index (κ2) is 6.02. The molecule has 2 rings (SSSR count). The van der Waals surface area contributed by atoms with Gasteiger partial charge in [0.1, 0.15) is 12.4 Å². The molecule has 2 aromatic carbocycles. The van der Waals surface area contributed by atoms with Gasteiger partial charge in [0, 0.05) is 0 Å². The van der Waals surface area contributed by atoms with E-state index in [0.29, 0.717) is 17.9 Å². The molecule has 0 radical (unpaired) electrons. The first-order valence-electron chi connectivity index (χ1n) is 5.83. The molecule has 2 N–H and O–H groups in total. The SMILES string of the molecule is O=P(O)(O)Cc1cccc(OCc2ccccc2)c1. The van der Waals surface area contributed by atoms with Crippen molar-refractivity contribution >= 4 is 7.60 Å². The molecule has 0 spiro atoms. The van der Waals surface area contributed by atoms with Gasteiger partial charge in [-0.1, -0.05) is 42.5 Å². The summed E-state index contributed by atoms with van der Waals surface area (Å²) in [6, 6.07) is 16.5. The lowest BCUT2D eigenvalue weighted by Gasteiger charge is -2.09. The molecular formula is C14H15O4P. The van der Waals surface area contributed by atoms with Crippen LogP contribution in [-0.2, 0) is 17.3 Å². The van der Waals surface area contributed by atoms with Crippen molar-refractivity contribution in [3.05, 3.63) is 65.7 Å². The van der Waals surface area contributed by atoms with Crippen LogP contribution in [0.1, 0.15) is 11.1 Å². The number of rotatable bonds is 5. The van der Waals surface area contributed by atoms with E-state index in [1.165, 1.54) is 0 Å². The highest BCUT2D eigenvalue weighted by Gasteiger charge is 2.14. The second-order valence-electron chi connectivity index (χ2n) is 4.24. The Kier molecular flexibility index (Phi) is 4.38. The molecule has 0 aliphatic rings. The highest BCUT2D eigenvalue weighted by Crippen LogP contribution is 2.39. The van der Waals surface area contributed by atoms with Crippen LogP contribution in [0.25, 0.3) is 0 Å². The molecule has 2 aromatic rings. The number of hydrogen-bond donors (Lipinski definition) is 2. The molecule has 0 unspecified atom stereocenters. The fourth-order valence-electron chi connectivity index (χ4n) is 1.71. The van der Waals surface area contributed by atoms with Crippen LogP contribution in [-0.4, -0.2) is 9.79 Å². The van der Waals surface area contributed by atoms with Crippen molar-refractivity contribution in [3.8, 4) is 5.75 Å². The van der Waals surface area contributed by atoms with E-state index in [1.54, 1.807) is 24.3 Å². The molecule has 0 aliphatic carbocycles. The van der Waals surface area contributed by atoms with Crippen LogP contribution in [0.5, 0.6) is 5.75 Å². The van der Waals surface area contributed by atoms with Crippen LogP contribution in [0.2, 0.25) is 0 Å². The summed E-state index contributed by atoms with van der Waals surface area (Å²) in [6.45, 7) is 0.431. The summed E-state index contributed by atoms with van der Waals surface area (Å²) in [6.07, 6.45) is -0.268. The molecule has 4 nitrogen and oxygen atoms in total. The maximum Gasteiger partial charge on any atom is 0.329 e. The van der Waals surface area contributed by atoms with Crippen molar-refractivity contribution in [1.29, 1.82) is 0 Å². The molecule has 0 saturated carbocycles. The van der Waals surface area contributed by atoms with Gasteiger partial charge in [0.05, 0.1) is 6.16 Å². The first kappa shape index (κ1) is 13.8. The Balaban J connectivity index is 2.01. The van der Waals surface area contributed by atoms with Gasteiger partial charge >= 0.3 is 7.60 Å². The Hall–Kier alpha value is -1.61. The van der Waals surface area contributed by atoms with Crippen LogP contribution in [0.15, 0.2) is 54.6 Å². The van der Waals surface area contributed by atoms with Crippen molar-refractivity contribution in [3.63, 3.8) is 0 Å². The molecule has 0 aliphatic heterocycles. The standard InChI is InChI=1S/C14H15O4P/c15-19(16,17)11-13-7-4-8-14(9-13)18-10-12-5-2-1-3-6-12/h1-9H,10-11H2,(H2,15,16,17). The Bertz CT molecular complexity index is 577. The van der Waals surface area contributed by atoms with E-state index in [4.69, 9.17) is 14.5 Å². The lowest BCUT2D eigenvalue weighted by molar-refractivity contribution is 0.306. The predicted molar refractivity (Wildman–Crippen MR) is 73.0 cm³/mol. The third-order valence-electron chi connectivity index (χ3n) is 2.54. The topological polar surface area (TPSA) is 66.8 Å². The van der Waals surface area contributed by atoms with Gasteiger partial charge in [0.25, 0.3) is 0 Å². The van der Waals surface area contributed by atoms with E-state index >= 15 is 0 Å². The fraction of sp³-hybridized carbons (Fsp3) is 0.143.